The van der Waals surface area contributed by atoms with Gasteiger partial charge in [-0.25, -0.2) is 0 Å². The van der Waals surface area contributed by atoms with Crippen LogP contribution in [0.3, 0.4) is 0 Å². The van der Waals surface area contributed by atoms with Gasteiger partial charge >= 0.3 is 0 Å². The Hall–Kier alpha value is -1.10. The standard InChI is InChI=1S/C20H32N2O2/c1-16(21-14-20(15-23)8-9-20)17-6-7-19(24-2)18(12-17)13-22-10-4-3-5-11-22/h6-7,12,16,21,23H,3-5,8-11,13-15H2,1-2H3. The molecule has 0 spiro atoms. The number of likely N-dealkylation sites (tertiary alicyclic amines) is 1. The number of nitrogens with zero attached hydrogens (tertiary/aromatic N) is 1. The fourth-order valence-electron chi connectivity index (χ4n) is 3.60. The van der Waals surface area contributed by atoms with Crippen molar-refractivity contribution < 1.29 is 9.84 Å². The second-order valence-corrected chi connectivity index (χ2v) is 7.67. The van der Waals surface area contributed by atoms with Gasteiger partial charge in [-0.15, -0.1) is 0 Å². The average Bonchev–Trinajstić information content (AvgIpc) is 3.41. The molecule has 2 aliphatic rings. The lowest BCUT2D eigenvalue weighted by Crippen LogP contribution is -2.30. The molecule has 1 heterocycles. The number of aliphatic hydroxyl groups is 1. The summed E-state index contributed by atoms with van der Waals surface area (Å²) >= 11 is 0. The second-order valence-electron chi connectivity index (χ2n) is 7.67. The van der Waals surface area contributed by atoms with Crippen molar-refractivity contribution in [3.8, 4) is 5.75 Å². The molecule has 2 fully saturated rings. The van der Waals surface area contributed by atoms with Gasteiger partial charge in [0.1, 0.15) is 5.75 Å². The number of hydrogen-bond donors (Lipinski definition) is 2. The molecule has 1 aliphatic heterocycles. The van der Waals surface area contributed by atoms with E-state index in [1.165, 1.54) is 43.5 Å². The molecule has 4 heteroatoms. The Morgan fingerprint density at radius 3 is 2.62 bits per heavy atom. The van der Waals surface area contributed by atoms with E-state index in [4.69, 9.17) is 4.74 Å². The quantitative estimate of drug-likeness (QED) is 0.768. The van der Waals surface area contributed by atoms with E-state index in [-0.39, 0.29) is 5.41 Å². The van der Waals surface area contributed by atoms with Crippen LogP contribution in [0.2, 0.25) is 0 Å². The van der Waals surface area contributed by atoms with Crippen molar-refractivity contribution in [1.82, 2.24) is 10.2 Å². The Bertz CT molecular complexity index is 536. The molecular weight excluding hydrogens is 300 g/mol. The molecule has 2 N–H and O–H groups in total. The van der Waals surface area contributed by atoms with Crippen molar-refractivity contribution in [3.63, 3.8) is 0 Å². The van der Waals surface area contributed by atoms with Gasteiger partial charge in [-0.1, -0.05) is 12.5 Å². The molecule has 0 radical (unpaired) electrons. The number of nitrogens with one attached hydrogen (secondary N) is 1. The average molecular weight is 332 g/mol. The van der Waals surface area contributed by atoms with Crippen LogP contribution in [0.15, 0.2) is 18.2 Å². The van der Waals surface area contributed by atoms with Crippen LogP contribution >= 0.6 is 0 Å². The molecule has 1 unspecified atom stereocenters. The van der Waals surface area contributed by atoms with Crippen LogP contribution in [0, 0.1) is 5.41 Å². The van der Waals surface area contributed by atoms with Gasteiger partial charge in [-0.2, -0.15) is 0 Å². The predicted octanol–water partition coefficient (Wildman–Crippen LogP) is 3.10. The third kappa shape index (κ3) is 4.29. The van der Waals surface area contributed by atoms with E-state index < -0.39 is 0 Å². The van der Waals surface area contributed by atoms with Gasteiger partial charge in [0, 0.05) is 36.7 Å². The van der Waals surface area contributed by atoms with Crippen LogP contribution < -0.4 is 10.1 Å². The highest BCUT2D eigenvalue weighted by Gasteiger charge is 2.41. The number of ether oxygens (including phenoxy) is 1. The largest absolute Gasteiger partial charge is 0.496 e. The van der Waals surface area contributed by atoms with Gasteiger partial charge < -0.3 is 15.2 Å². The van der Waals surface area contributed by atoms with E-state index in [0.29, 0.717) is 12.6 Å². The van der Waals surface area contributed by atoms with Crippen molar-refractivity contribution in [2.24, 2.45) is 5.41 Å². The maximum atomic E-state index is 9.47. The third-order valence-corrected chi connectivity index (χ3v) is 5.72. The lowest BCUT2D eigenvalue weighted by atomic mass is 10.0. The van der Waals surface area contributed by atoms with Gasteiger partial charge in [0.2, 0.25) is 0 Å². The third-order valence-electron chi connectivity index (χ3n) is 5.72. The summed E-state index contributed by atoms with van der Waals surface area (Å²) in [5, 5.41) is 13.1. The fraction of sp³-hybridized carbons (Fsp3) is 0.700. The number of rotatable bonds is 8. The van der Waals surface area contributed by atoms with Crippen molar-refractivity contribution in [2.45, 2.75) is 51.6 Å². The SMILES string of the molecule is COc1ccc(C(C)NCC2(CO)CC2)cc1CN1CCCCC1. The number of methoxy groups -OCH3 is 1. The van der Waals surface area contributed by atoms with E-state index in [2.05, 4.69) is 35.3 Å². The lowest BCUT2D eigenvalue weighted by molar-refractivity contribution is 0.204. The molecule has 3 rings (SSSR count). The summed E-state index contributed by atoms with van der Waals surface area (Å²) in [7, 11) is 1.76. The monoisotopic (exact) mass is 332 g/mol. The smallest absolute Gasteiger partial charge is 0.123 e. The predicted molar refractivity (Wildman–Crippen MR) is 97.3 cm³/mol. The highest BCUT2D eigenvalue weighted by Crippen LogP contribution is 2.44. The van der Waals surface area contributed by atoms with Gasteiger partial charge in [0.25, 0.3) is 0 Å². The Morgan fingerprint density at radius 1 is 1.25 bits per heavy atom. The zero-order chi connectivity index (χ0) is 17.0. The Labute approximate surface area is 146 Å². The molecule has 4 nitrogen and oxygen atoms in total. The maximum absolute atomic E-state index is 9.47. The van der Waals surface area contributed by atoms with Crippen molar-refractivity contribution in [1.29, 1.82) is 0 Å². The van der Waals surface area contributed by atoms with Crippen molar-refractivity contribution in [3.05, 3.63) is 29.3 Å². The van der Waals surface area contributed by atoms with Gasteiger partial charge in [0.15, 0.2) is 0 Å². The molecule has 1 atom stereocenters. The molecular formula is C20H32N2O2. The summed E-state index contributed by atoms with van der Waals surface area (Å²) in [5.74, 6) is 0.991. The molecule has 134 valence electrons. The molecule has 1 aromatic carbocycles. The first-order valence-corrected chi connectivity index (χ1v) is 9.39. The van der Waals surface area contributed by atoms with E-state index in [0.717, 1.165) is 31.7 Å². The van der Waals surface area contributed by atoms with E-state index in [9.17, 15) is 5.11 Å². The molecule has 24 heavy (non-hydrogen) atoms. The molecule has 1 aliphatic carbocycles. The zero-order valence-electron chi connectivity index (χ0n) is 15.2. The first-order valence-electron chi connectivity index (χ1n) is 9.39. The molecule has 1 saturated heterocycles. The Balaban J connectivity index is 1.65. The van der Waals surface area contributed by atoms with E-state index >= 15 is 0 Å². The first-order chi connectivity index (χ1) is 11.7. The molecule has 0 aromatic heterocycles. The normalized spacial score (nSPS) is 21.5. The van der Waals surface area contributed by atoms with Crippen LogP contribution in [0.4, 0.5) is 0 Å². The highest BCUT2D eigenvalue weighted by atomic mass is 16.5. The summed E-state index contributed by atoms with van der Waals surface area (Å²) in [4.78, 5) is 2.54. The molecule has 0 bridgehead atoms. The van der Waals surface area contributed by atoms with Crippen molar-refractivity contribution >= 4 is 0 Å². The van der Waals surface area contributed by atoms with Gasteiger partial charge in [-0.3, -0.25) is 4.90 Å². The summed E-state index contributed by atoms with van der Waals surface area (Å²) in [6, 6.07) is 6.85. The summed E-state index contributed by atoms with van der Waals surface area (Å²) in [5.41, 5.74) is 2.74. The number of benzene rings is 1. The topological polar surface area (TPSA) is 44.7 Å². The van der Waals surface area contributed by atoms with E-state index in [1.807, 2.05) is 0 Å². The number of piperidine rings is 1. The molecule has 0 amide bonds. The minimum Gasteiger partial charge on any atom is -0.496 e. The van der Waals surface area contributed by atoms with Crippen LogP contribution in [-0.4, -0.2) is 43.4 Å². The van der Waals surface area contributed by atoms with E-state index in [1.54, 1.807) is 7.11 Å². The van der Waals surface area contributed by atoms with Crippen LogP contribution in [0.5, 0.6) is 5.75 Å². The first kappa shape index (κ1) is 17.7. The fourth-order valence-corrected chi connectivity index (χ4v) is 3.60. The Morgan fingerprint density at radius 2 is 2.00 bits per heavy atom. The minimum atomic E-state index is 0.150. The minimum absolute atomic E-state index is 0.150. The summed E-state index contributed by atoms with van der Waals surface area (Å²) in [6.45, 7) is 6.78. The molecule has 1 aromatic rings. The lowest BCUT2D eigenvalue weighted by Gasteiger charge is -2.27. The molecule has 1 saturated carbocycles. The maximum Gasteiger partial charge on any atom is 0.123 e. The zero-order valence-corrected chi connectivity index (χ0v) is 15.2. The Kier molecular flexibility index (Phi) is 5.80. The van der Waals surface area contributed by atoms with Gasteiger partial charge in [-0.05, 0) is 63.4 Å². The van der Waals surface area contributed by atoms with Crippen LogP contribution in [0.1, 0.15) is 56.2 Å². The summed E-state index contributed by atoms with van der Waals surface area (Å²) < 4.78 is 5.58. The summed E-state index contributed by atoms with van der Waals surface area (Å²) in [6.07, 6.45) is 6.27. The van der Waals surface area contributed by atoms with Crippen LogP contribution in [-0.2, 0) is 6.54 Å². The second kappa shape index (κ2) is 7.85. The van der Waals surface area contributed by atoms with Crippen molar-refractivity contribution in [2.75, 3.05) is 33.4 Å². The van der Waals surface area contributed by atoms with Gasteiger partial charge in [0.05, 0.1) is 7.11 Å². The number of hydrogen-bond acceptors (Lipinski definition) is 4. The number of aliphatic hydroxyl groups excluding tert-OH is 1. The van der Waals surface area contributed by atoms with Crippen LogP contribution in [0.25, 0.3) is 0 Å². The highest BCUT2D eigenvalue weighted by molar-refractivity contribution is 5.38.